The molecule has 0 aromatic carbocycles. The molecule has 2 fully saturated rings. The van der Waals surface area contributed by atoms with E-state index in [2.05, 4.69) is 15.5 Å². The zero-order chi connectivity index (χ0) is 15.9. The van der Waals surface area contributed by atoms with Crippen molar-refractivity contribution in [2.24, 2.45) is 5.92 Å². The van der Waals surface area contributed by atoms with Crippen molar-refractivity contribution in [3.63, 3.8) is 0 Å². The number of likely N-dealkylation sites (tertiary alicyclic amines) is 1. The molecule has 0 saturated carbocycles. The fourth-order valence-electron chi connectivity index (χ4n) is 3.45. The minimum absolute atomic E-state index is 0.0507. The molecule has 2 saturated heterocycles. The van der Waals surface area contributed by atoms with Gasteiger partial charge in [0.2, 0.25) is 0 Å². The predicted octanol–water partition coefficient (Wildman–Crippen LogP) is 2.44. The van der Waals surface area contributed by atoms with Gasteiger partial charge in [-0.2, -0.15) is 0 Å². The number of carbonyl (C=O) groups is 1. The van der Waals surface area contributed by atoms with Gasteiger partial charge in [-0.25, -0.2) is 4.79 Å². The lowest BCUT2D eigenvalue weighted by Gasteiger charge is -2.39. The van der Waals surface area contributed by atoms with Crippen molar-refractivity contribution >= 4 is 17.4 Å². The highest BCUT2D eigenvalue weighted by Gasteiger charge is 2.26. The molecular formula is C17H27N3O2S. The average molecular weight is 337 g/mol. The molecule has 128 valence electrons. The first-order valence-electron chi connectivity index (χ1n) is 8.67. The number of amides is 2. The third-order valence-corrected chi connectivity index (χ3v) is 5.79. The second-order valence-electron chi connectivity index (χ2n) is 6.47. The quantitative estimate of drug-likeness (QED) is 0.868. The molecule has 0 spiro atoms. The highest BCUT2D eigenvalue weighted by molar-refractivity contribution is 7.09. The molecule has 2 amide bonds. The summed E-state index contributed by atoms with van der Waals surface area (Å²) in [6.45, 7) is 5.55. The first-order valence-corrected chi connectivity index (χ1v) is 9.55. The zero-order valence-electron chi connectivity index (χ0n) is 13.6. The smallest absolute Gasteiger partial charge is 0.315 e. The molecule has 5 nitrogen and oxygen atoms in total. The third-order valence-electron chi connectivity index (χ3n) is 4.91. The number of piperidine rings is 1. The minimum Gasteiger partial charge on any atom is -0.381 e. The Morgan fingerprint density at radius 2 is 2.00 bits per heavy atom. The molecule has 1 aromatic rings. The van der Waals surface area contributed by atoms with E-state index in [1.54, 1.807) is 11.3 Å². The molecule has 1 aromatic heterocycles. The van der Waals surface area contributed by atoms with E-state index in [1.807, 2.05) is 17.5 Å². The normalized spacial score (nSPS) is 21.2. The number of nitrogens with zero attached hydrogens (tertiary/aromatic N) is 1. The largest absolute Gasteiger partial charge is 0.381 e. The van der Waals surface area contributed by atoms with E-state index in [0.717, 1.165) is 32.8 Å². The van der Waals surface area contributed by atoms with Crippen LogP contribution in [0.25, 0.3) is 0 Å². The van der Waals surface area contributed by atoms with Crippen LogP contribution in [0.15, 0.2) is 17.5 Å². The third kappa shape index (κ3) is 5.19. The van der Waals surface area contributed by atoms with Gasteiger partial charge in [0.25, 0.3) is 0 Å². The van der Waals surface area contributed by atoms with Crippen LogP contribution in [-0.4, -0.2) is 49.8 Å². The van der Waals surface area contributed by atoms with Crippen molar-refractivity contribution in [2.45, 2.75) is 38.3 Å². The van der Waals surface area contributed by atoms with Crippen molar-refractivity contribution in [3.05, 3.63) is 22.4 Å². The molecule has 2 aliphatic heterocycles. The van der Waals surface area contributed by atoms with E-state index in [-0.39, 0.29) is 6.03 Å². The highest BCUT2D eigenvalue weighted by atomic mass is 32.1. The second kappa shape index (κ2) is 8.66. The van der Waals surface area contributed by atoms with Crippen molar-refractivity contribution in [1.82, 2.24) is 15.5 Å². The number of carbonyl (C=O) groups excluding carboxylic acids is 1. The van der Waals surface area contributed by atoms with Gasteiger partial charge in [-0.3, -0.25) is 0 Å². The Morgan fingerprint density at radius 1 is 1.22 bits per heavy atom. The summed E-state index contributed by atoms with van der Waals surface area (Å²) in [4.78, 5) is 15.7. The summed E-state index contributed by atoms with van der Waals surface area (Å²) >= 11 is 1.67. The topological polar surface area (TPSA) is 53.6 Å². The lowest BCUT2D eigenvalue weighted by Crippen LogP contribution is -2.46. The Balaban J connectivity index is 1.30. The van der Waals surface area contributed by atoms with Gasteiger partial charge in [0.15, 0.2) is 0 Å². The van der Waals surface area contributed by atoms with Gasteiger partial charge in [0.1, 0.15) is 0 Å². The van der Waals surface area contributed by atoms with Gasteiger partial charge < -0.3 is 20.3 Å². The highest BCUT2D eigenvalue weighted by Crippen LogP contribution is 2.22. The van der Waals surface area contributed by atoms with Gasteiger partial charge in [-0.1, -0.05) is 6.07 Å². The number of urea groups is 1. The molecule has 2 N–H and O–H groups in total. The second-order valence-corrected chi connectivity index (χ2v) is 7.50. The lowest BCUT2D eigenvalue weighted by molar-refractivity contribution is 0.0213. The minimum atomic E-state index is -0.0507. The fourth-order valence-corrected chi connectivity index (χ4v) is 4.10. The Labute approximate surface area is 142 Å². The van der Waals surface area contributed by atoms with Crippen LogP contribution >= 0.6 is 11.3 Å². The number of hydrogen-bond donors (Lipinski definition) is 2. The van der Waals surface area contributed by atoms with Gasteiger partial charge in [-0.05, 0) is 56.1 Å². The molecule has 0 atom stereocenters. The van der Waals surface area contributed by atoms with E-state index >= 15 is 0 Å². The summed E-state index contributed by atoms with van der Waals surface area (Å²) in [6.07, 6.45) is 4.72. The predicted molar refractivity (Wildman–Crippen MR) is 92.7 cm³/mol. The Morgan fingerprint density at radius 3 is 2.70 bits per heavy atom. The maximum absolute atomic E-state index is 11.9. The van der Waals surface area contributed by atoms with E-state index < -0.39 is 0 Å². The van der Waals surface area contributed by atoms with Crippen molar-refractivity contribution in [2.75, 3.05) is 32.8 Å². The summed E-state index contributed by atoms with van der Waals surface area (Å²) in [7, 11) is 0. The molecule has 0 bridgehead atoms. The molecule has 0 unspecified atom stereocenters. The number of thiophene rings is 1. The maximum atomic E-state index is 11.9. The lowest BCUT2D eigenvalue weighted by atomic mass is 9.94. The monoisotopic (exact) mass is 337 g/mol. The Bertz CT molecular complexity index is 466. The summed E-state index contributed by atoms with van der Waals surface area (Å²) < 4.78 is 5.45. The number of hydrogen-bond acceptors (Lipinski definition) is 4. The fraction of sp³-hybridized carbons (Fsp3) is 0.706. The zero-order valence-corrected chi connectivity index (χ0v) is 14.4. The van der Waals surface area contributed by atoms with Gasteiger partial charge in [0.05, 0.1) is 6.54 Å². The number of rotatable bonds is 5. The SMILES string of the molecule is O=C(NCc1cccs1)NCC1CCN(C2CCOCC2)CC1. The summed E-state index contributed by atoms with van der Waals surface area (Å²) in [6, 6.07) is 4.71. The van der Waals surface area contributed by atoms with Crippen LogP contribution in [0.1, 0.15) is 30.6 Å². The number of ether oxygens (including phenoxy) is 1. The Kier molecular flexibility index (Phi) is 6.30. The molecule has 0 radical (unpaired) electrons. The molecule has 6 heteroatoms. The summed E-state index contributed by atoms with van der Waals surface area (Å²) in [5.74, 6) is 0.610. The van der Waals surface area contributed by atoms with E-state index in [4.69, 9.17) is 4.74 Å². The van der Waals surface area contributed by atoms with E-state index in [0.29, 0.717) is 18.5 Å². The van der Waals surface area contributed by atoms with Gasteiger partial charge in [-0.15, -0.1) is 11.3 Å². The van der Waals surface area contributed by atoms with Crippen LogP contribution in [0, 0.1) is 5.92 Å². The summed E-state index contributed by atoms with van der Waals surface area (Å²) in [5, 5.41) is 7.98. The molecule has 0 aliphatic carbocycles. The molecule has 23 heavy (non-hydrogen) atoms. The maximum Gasteiger partial charge on any atom is 0.315 e. The Hall–Kier alpha value is -1.11. The standard InChI is InChI=1S/C17H27N3O2S/c21-17(19-13-16-2-1-11-23-16)18-12-14-3-7-20(8-4-14)15-5-9-22-10-6-15/h1-2,11,14-15H,3-10,12-13H2,(H2,18,19,21). The van der Waals surface area contributed by atoms with Crippen LogP contribution in [0.5, 0.6) is 0 Å². The number of nitrogens with one attached hydrogen (secondary N) is 2. The molecule has 3 heterocycles. The van der Waals surface area contributed by atoms with Crippen LogP contribution in [-0.2, 0) is 11.3 Å². The molecule has 2 aliphatic rings. The molecular weight excluding hydrogens is 310 g/mol. The van der Waals surface area contributed by atoms with Crippen LogP contribution < -0.4 is 10.6 Å². The van der Waals surface area contributed by atoms with Crippen LogP contribution in [0.4, 0.5) is 4.79 Å². The van der Waals surface area contributed by atoms with Crippen LogP contribution in [0.3, 0.4) is 0 Å². The summed E-state index contributed by atoms with van der Waals surface area (Å²) in [5.41, 5.74) is 0. The van der Waals surface area contributed by atoms with Crippen LogP contribution in [0.2, 0.25) is 0 Å². The van der Waals surface area contributed by atoms with Crippen molar-refractivity contribution in [1.29, 1.82) is 0 Å². The van der Waals surface area contributed by atoms with Crippen molar-refractivity contribution in [3.8, 4) is 0 Å². The van der Waals surface area contributed by atoms with E-state index in [9.17, 15) is 4.79 Å². The first-order chi connectivity index (χ1) is 11.3. The van der Waals surface area contributed by atoms with E-state index in [1.165, 1.54) is 30.6 Å². The molecule has 3 rings (SSSR count). The average Bonchev–Trinajstić information content (AvgIpc) is 3.13. The first kappa shape index (κ1) is 16.7. The van der Waals surface area contributed by atoms with Gasteiger partial charge >= 0.3 is 6.03 Å². The van der Waals surface area contributed by atoms with Gasteiger partial charge in [0, 0.05) is 30.7 Å². The van der Waals surface area contributed by atoms with Crippen molar-refractivity contribution < 1.29 is 9.53 Å².